The minimum Gasteiger partial charge on any atom is -0.337 e. The maximum Gasteiger partial charge on any atom is 0.274 e. The fourth-order valence-electron chi connectivity index (χ4n) is 2.62. The smallest absolute Gasteiger partial charge is 0.274 e. The molecule has 1 saturated heterocycles. The molecule has 1 amide bonds. The van der Waals surface area contributed by atoms with Gasteiger partial charge in [-0.05, 0) is 12.8 Å². The second-order valence-corrected chi connectivity index (χ2v) is 5.50. The standard InChI is InChI=1S/C13H15ClN6O/c1-19-8-17-18-12(19)9-3-2-4-20(7-9)13(21)10-5-16-11(14)6-15-10/h5-6,8-9H,2-4,7H2,1H3. The van der Waals surface area contributed by atoms with Gasteiger partial charge in [0.25, 0.3) is 5.91 Å². The van der Waals surface area contributed by atoms with Crippen molar-refractivity contribution < 1.29 is 4.79 Å². The van der Waals surface area contributed by atoms with Crippen LogP contribution in [0.5, 0.6) is 0 Å². The summed E-state index contributed by atoms with van der Waals surface area (Å²) >= 11 is 5.69. The van der Waals surface area contributed by atoms with Gasteiger partial charge in [-0.25, -0.2) is 9.97 Å². The topological polar surface area (TPSA) is 76.8 Å². The van der Waals surface area contributed by atoms with Gasteiger partial charge in [0.2, 0.25) is 0 Å². The Morgan fingerprint density at radius 3 is 2.90 bits per heavy atom. The molecule has 1 fully saturated rings. The normalized spacial score (nSPS) is 18.8. The van der Waals surface area contributed by atoms with Crippen molar-refractivity contribution in [1.29, 1.82) is 0 Å². The molecular formula is C13H15ClN6O. The molecule has 0 saturated carbocycles. The largest absolute Gasteiger partial charge is 0.337 e. The number of carbonyl (C=O) groups excluding carboxylic acids is 1. The van der Waals surface area contributed by atoms with E-state index in [9.17, 15) is 4.79 Å². The van der Waals surface area contributed by atoms with E-state index in [0.29, 0.717) is 12.2 Å². The molecule has 7 nitrogen and oxygen atoms in total. The van der Waals surface area contributed by atoms with Crippen LogP contribution in [0.2, 0.25) is 5.15 Å². The summed E-state index contributed by atoms with van der Waals surface area (Å²) in [5.41, 5.74) is 0.318. The number of nitrogens with zero attached hydrogens (tertiary/aromatic N) is 6. The van der Waals surface area contributed by atoms with Gasteiger partial charge in [-0.3, -0.25) is 4.79 Å². The second kappa shape index (κ2) is 5.77. The van der Waals surface area contributed by atoms with E-state index in [2.05, 4.69) is 20.2 Å². The zero-order chi connectivity index (χ0) is 14.8. The number of aromatic nitrogens is 5. The van der Waals surface area contributed by atoms with E-state index in [0.717, 1.165) is 25.2 Å². The molecule has 3 rings (SSSR count). The summed E-state index contributed by atoms with van der Waals surface area (Å²) in [6.45, 7) is 1.34. The highest BCUT2D eigenvalue weighted by Gasteiger charge is 2.28. The Labute approximate surface area is 127 Å². The molecule has 21 heavy (non-hydrogen) atoms. The van der Waals surface area contributed by atoms with Crippen LogP contribution in [0.4, 0.5) is 0 Å². The van der Waals surface area contributed by atoms with Crippen molar-refractivity contribution >= 4 is 17.5 Å². The van der Waals surface area contributed by atoms with E-state index in [1.165, 1.54) is 12.4 Å². The van der Waals surface area contributed by atoms with Crippen LogP contribution in [-0.2, 0) is 7.05 Å². The van der Waals surface area contributed by atoms with Crippen LogP contribution in [0.3, 0.4) is 0 Å². The monoisotopic (exact) mass is 306 g/mol. The Bertz CT molecular complexity index is 640. The average molecular weight is 307 g/mol. The van der Waals surface area contributed by atoms with Gasteiger partial charge in [-0.15, -0.1) is 10.2 Å². The molecule has 0 N–H and O–H groups in total. The highest BCUT2D eigenvalue weighted by molar-refractivity contribution is 6.29. The SMILES string of the molecule is Cn1cnnc1C1CCCN(C(=O)c2cnc(Cl)cn2)C1. The van der Waals surface area contributed by atoms with Crippen LogP contribution in [0.15, 0.2) is 18.7 Å². The minimum absolute atomic E-state index is 0.119. The number of aryl methyl sites for hydroxylation is 1. The molecule has 3 heterocycles. The van der Waals surface area contributed by atoms with Gasteiger partial charge in [-0.1, -0.05) is 11.6 Å². The Morgan fingerprint density at radius 2 is 2.24 bits per heavy atom. The molecule has 1 unspecified atom stereocenters. The van der Waals surface area contributed by atoms with Crippen LogP contribution in [-0.4, -0.2) is 48.6 Å². The molecule has 0 radical (unpaired) electrons. The van der Waals surface area contributed by atoms with E-state index in [1.807, 2.05) is 11.6 Å². The van der Waals surface area contributed by atoms with Gasteiger partial charge in [-0.2, -0.15) is 0 Å². The number of piperidine rings is 1. The van der Waals surface area contributed by atoms with Crippen LogP contribution in [0.1, 0.15) is 35.1 Å². The number of likely N-dealkylation sites (tertiary alicyclic amines) is 1. The molecular weight excluding hydrogens is 292 g/mol. The van der Waals surface area contributed by atoms with E-state index in [1.54, 1.807) is 11.2 Å². The summed E-state index contributed by atoms with van der Waals surface area (Å²) in [5.74, 6) is 0.996. The maximum atomic E-state index is 12.4. The third-order valence-corrected chi connectivity index (χ3v) is 3.85. The molecule has 0 aromatic carbocycles. The summed E-state index contributed by atoms with van der Waals surface area (Å²) in [5, 5.41) is 8.33. The summed E-state index contributed by atoms with van der Waals surface area (Å²) in [6, 6.07) is 0. The minimum atomic E-state index is -0.119. The van der Waals surface area contributed by atoms with Gasteiger partial charge >= 0.3 is 0 Å². The summed E-state index contributed by atoms with van der Waals surface area (Å²) in [6.07, 6.45) is 6.42. The third kappa shape index (κ3) is 2.87. The molecule has 8 heteroatoms. The first-order chi connectivity index (χ1) is 10.1. The lowest BCUT2D eigenvalue weighted by Crippen LogP contribution is -2.40. The number of rotatable bonds is 2. The molecule has 1 aliphatic heterocycles. The number of hydrogen-bond donors (Lipinski definition) is 0. The summed E-state index contributed by atoms with van der Waals surface area (Å²) in [4.78, 5) is 22.2. The van der Waals surface area contributed by atoms with Crippen molar-refractivity contribution in [2.75, 3.05) is 13.1 Å². The number of amides is 1. The van der Waals surface area contributed by atoms with E-state index < -0.39 is 0 Å². The highest BCUT2D eigenvalue weighted by Crippen LogP contribution is 2.25. The van der Waals surface area contributed by atoms with Gasteiger partial charge in [0.1, 0.15) is 23.0 Å². The predicted molar refractivity (Wildman–Crippen MR) is 75.9 cm³/mol. The molecule has 110 valence electrons. The first kappa shape index (κ1) is 13.9. The van der Waals surface area contributed by atoms with Crippen molar-refractivity contribution in [2.24, 2.45) is 7.05 Å². The quantitative estimate of drug-likeness (QED) is 0.835. The maximum absolute atomic E-state index is 12.4. The van der Waals surface area contributed by atoms with Crippen LogP contribution >= 0.6 is 11.6 Å². The van der Waals surface area contributed by atoms with E-state index in [4.69, 9.17) is 11.6 Å². The Morgan fingerprint density at radius 1 is 1.38 bits per heavy atom. The number of carbonyl (C=O) groups is 1. The third-order valence-electron chi connectivity index (χ3n) is 3.66. The van der Waals surface area contributed by atoms with Crippen molar-refractivity contribution in [3.8, 4) is 0 Å². The Hall–Kier alpha value is -2.02. The molecule has 0 aliphatic carbocycles. The van der Waals surface area contributed by atoms with E-state index in [-0.39, 0.29) is 17.0 Å². The first-order valence-electron chi connectivity index (χ1n) is 6.76. The van der Waals surface area contributed by atoms with Gasteiger partial charge in [0.15, 0.2) is 0 Å². The summed E-state index contributed by atoms with van der Waals surface area (Å²) in [7, 11) is 1.92. The first-order valence-corrected chi connectivity index (χ1v) is 7.13. The van der Waals surface area contributed by atoms with Crippen molar-refractivity contribution in [3.63, 3.8) is 0 Å². The number of hydrogen-bond acceptors (Lipinski definition) is 5. The van der Waals surface area contributed by atoms with Gasteiger partial charge in [0.05, 0.1) is 12.4 Å². The Kier molecular flexibility index (Phi) is 3.83. The Balaban J connectivity index is 1.75. The van der Waals surface area contributed by atoms with Crippen molar-refractivity contribution in [1.82, 2.24) is 29.6 Å². The van der Waals surface area contributed by atoms with Crippen molar-refractivity contribution in [3.05, 3.63) is 35.4 Å². The zero-order valence-electron chi connectivity index (χ0n) is 11.6. The lowest BCUT2D eigenvalue weighted by Gasteiger charge is -2.31. The molecule has 1 atom stereocenters. The second-order valence-electron chi connectivity index (χ2n) is 5.11. The average Bonchev–Trinajstić information content (AvgIpc) is 2.94. The van der Waals surface area contributed by atoms with Crippen LogP contribution in [0.25, 0.3) is 0 Å². The highest BCUT2D eigenvalue weighted by atomic mass is 35.5. The molecule has 1 aliphatic rings. The van der Waals surface area contributed by atoms with Crippen LogP contribution < -0.4 is 0 Å². The molecule has 0 bridgehead atoms. The fourth-order valence-corrected chi connectivity index (χ4v) is 2.72. The number of halogens is 1. The lowest BCUT2D eigenvalue weighted by molar-refractivity contribution is 0.0697. The van der Waals surface area contributed by atoms with E-state index >= 15 is 0 Å². The molecule has 2 aromatic rings. The van der Waals surface area contributed by atoms with Crippen molar-refractivity contribution in [2.45, 2.75) is 18.8 Å². The fraction of sp³-hybridized carbons (Fsp3) is 0.462. The predicted octanol–water partition coefficient (Wildman–Crippen LogP) is 1.28. The lowest BCUT2D eigenvalue weighted by atomic mass is 9.97. The van der Waals surface area contributed by atoms with Crippen LogP contribution in [0, 0.1) is 0 Å². The summed E-state index contributed by atoms with van der Waals surface area (Å²) < 4.78 is 1.90. The molecule has 0 spiro atoms. The zero-order valence-corrected chi connectivity index (χ0v) is 12.4. The van der Waals surface area contributed by atoms with Gasteiger partial charge in [0, 0.05) is 26.1 Å². The molecule has 2 aromatic heterocycles. The van der Waals surface area contributed by atoms with Gasteiger partial charge < -0.3 is 9.47 Å².